The fourth-order valence-corrected chi connectivity index (χ4v) is 3.48. The van der Waals surface area contributed by atoms with E-state index in [0.717, 1.165) is 23.0 Å². The van der Waals surface area contributed by atoms with Crippen LogP contribution in [0.3, 0.4) is 0 Å². The number of sulfonamides is 1. The summed E-state index contributed by atoms with van der Waals surface area (Å²) < 4.78 is 44.6. The first kappa shape index (κ1) is 20.5. The van der Waals surface area contributed by atoms with Crippen LogP contribution in [0, 0.1) is 12.7 Å². The summed E-state index contributed by atoms with van der Waals surface area (Å²) in [5.41, 5.74) is 0.629. The molecule has 0 heterocycles. The van der Waals surface area contributed by atoms with Crippen molar-refractivity contribution in [3.8, 4) is 0 Å². The van der Waals surface area contributed by atoms with Crippen LogP contribution in [0.25, 0.3) is 0 Å². The molecule has 0 saturated heterocycles. The fraction of sp³-hybridized carbons (Fsp3) is 0.222. The lowest BCUT2D eigenvalue weighted by Crippen LogP contribution is -2.44. The summed E-state index contributed by atoms with van der Waals surface area (Å²) in [6, 6.07) is 11.3. The third kappa shape index (κ3) is 5.11. The SMILES string of the molecule is COC(=O)CN(CNC(=O)c1ccccc1F)S(=O)(=O)c1ccc(C)cc1. The number of hydrogen-bond donors (Lipinski definition) is 1. The van der Waals surface area contributed by atoms with E-state index < -0.39 is 40.9 Å². The molecule has 0 aliphatic rings. The predicted octanol–water partition coefficient (Wildman–Crippen LogP) is 1.69. The molecule has 9 heteroatoms. The van der Waals surface area contributed by atoms with Crippen LogP contribution in [0.5, 0.6) is 0 Å². The number of rotatable bonds is 7. The van der Waals surface area contributed by atoms with Crippen molar-refractivity contribution in [2.75, 3.05) is 20.3 Å². The Morgan fingerprint density at radius 1 is 1.11 bits per heavy atom. The number of hydrogen-bond acceptors (Lipinski definition) is 5. The molecule has 2 rings (SSSR count). The van der Waals surface area contributed by atoms with Gasteiger partial charge in [0, 0.05) is 0 Å². The normalized spacial score (nSPS) is 11.3. The van der Waals surface area contributed by atoms with E-state index in [-0.39, 0.29) is 10.5 Å². The van der Waals surface area contributed by atoms with E-state index in [1.165, 1.54) is 30.3 Å². The van der Waals surface area contributed by atoms with Gasteiger partial charge in [-0.3, -0.25) is 9.59 Å². The van der Waals surface area contributed by atoms with Crippen LogP contribution in [0.15, 0.2) is 53.4 Å². The predicted molar refractivity (Wildman–Crippen MR) is 95.8 cm³/mol. The Bertz CT molecular complexity index is 929. The third-order valence-electron chi connectivity index (χ3n) is 3.73. The second-order valence-electron chi connectivity index (χ2n) is 5.65. The van der Waals surface area contributed by atoms with Crippen molar-refractivity contribution in [2.45, 2.75) is 11.8 Å². The highest BCUT2D eigenvalue weighted by Crippen LogP contribution is 2.16. The smallest absolute Gasteiger partial charge is 0.321 e. The van der Waals surface area contributed by atoms with Crippen LogP contribution in [-0.4, -0.2) is 44.9 Å². The molecule has 0 radical (unpaired) electrons. The number of nitrogens with zero attached hydrogens (tertiary/aromatic N) is 1. The van der Waals surface area contributed by atoms with Gasteiger partial charge in [0.15, 0.2) is 0 Å². The van der Waals surface area contributed by atoms with Crippen LogP contribution in [-0.2, 0) is 19.6 Å². The van der Waals surface area contributed by atoms with E-state index in [9.17, 15) is 22.4 Å². The van der Waals surface area contributed by atoms with E-state index in [1.807, 2.05) is 0 Å². The average Bonchev–Trinajstić information content (AvgIpc) is 2.65. The largest absolute Gasteiger partial charge is 0.468 e. The van der Waals surface area contributed by atoms with Crippen molar-refractivity contribution in [2.24, 2.45) is 0 Å². The zero-order valence-corrected chi connectivity index (χ0v) is 15.6. The number of amides is 1. The Hall–Kier alpha value is -2.78. The molecule has 0 aromatic heterocycles. The summed E-state index contributed by atoms with van der Waals surface area (Å²) in [5, 5.41) is 2.32. The van der Waals surface area contributed by atoms with E-state index >= 15 is 0 Å². The van der Waals surface area contributed by atoms with Gasteiger partial charge < -0.3 is 10.1 Å². The van der Waals surface area contributed by atoms with E-state index in [2.05, 4.69) is 10.1 Å². The van der Waals surface area contributed by atoms with E-state index in [1.54, 1.807) is 19.1 Å². The summed E-state index contributed by atoms with van der Waals surface area (Å²) in [6.45, 7) is 0.667. The van der Waals surface area contributed by atoms with Crippen molar-refractivity contribution in [1.29, 1.82) is 0 Å². The van der Waals surface area contributed by atoms with E-state index in [4.69, 9.17) is 0 Å². The molecule has 0 aliphatic heterocycles. The highest BCUT2D eigenvalue weighted by molar-refractivity contribution is 7.89. The van der Waals surface area contributed by atoms with Crippen LogP contribution in [0.1, 0.15) is 15.9 Å². The van der Waals surface area contributed by atoms with Gasteiger partial charge >= 0.3 is 5.97 Å². The summed E-state index contributed by atoms with van der Waals surface area (Å²) >= 11 is 0. The summed E-state index contributed by atoms with van der Waals surface area (Å²) in [5.74, 6) is -2.34. The second kappa shape index (κ2) is 8.74. The highest BCUT2D eigenvalue weighted by atomic mass is 32.2. The number of carbonyl (C=O) groups excluding carboxylic acids is 2. The minimum Gasteiger partial charge on any atom is -0.468 e. The Morgan fingerprint density at radius 2 is 1.74 bits per heavy atom. The van der Waals surface area contributed by atoms with Crippen LogP contribution in [0.2, 0.25) is 0 Å². The van der Waals surface area contributed by atoms with Crippen molar-refractivity contribution in [3.05, 3.63) is 65.5 Å². The molecular formula is C18H19FN2O5S. The van der Waals surface area contributed by atoms with Gasteiger partial charge in [0.1, 0.15) is 12.4 Å². The molecule has 2 aromatic carbocycles. The molecule has 1 N–H and O–H groups in total. The monoisotopic (exact) mass is 394 g/mol. The lowest BCUT2D eigenvalue weighted by Gasteiger charge is -2.21. The van der Waals surface area contributed by atoms with Crippen molar-refractivity contribution < 1.29 is 27.1 Å². The molecule has 2 aromatic rings. The lowest BCUT2D eigenvalue weighted by atomic mass is 10.2. The Kier molecular flexibility index (Phi) is 6.65. The van der Waals surface area contributed by atoms with Gasteiger partial charge in [-0.25, -0.2) is 12.8 Å². The number of esters is 1. The van der Waals surface area contributed by atoms with Gasteiger partial charge in [-0.2, -0.15) is 4.31 Å². The average molecular weight is 394 g/mol. The number of aryl methyl sites for hydroxylation is 1. The van der Waals surface area contributed by atoms with Crippen LogP contribution in [0.4, 0.5) is 4.39 Å². The first-order valence-electron chi connectivity index (χ1n) is 7.92. The molecule has 0 bridgehead atoms. The molecule has 1 amide bonds. The second-order valence-corrected chi connectivity index (χ2v) is 7.59. The molecule has 0 saturated carbocycles. The molecular weight excluding hydrogens is 375 g/mol. The van der Waals surface area contributed by atoms with Crippen molar-refractivity contribution in [1.82, 2.24) is 9.62 Å². The van der Waals surface area contributed by atoms with Gasteiger partial charge in [-0.15, -0.1) is 0 Å². The van der Waals surface area contributed by atoms with Crippen molar-refractivity contribution in [3.63, 3.8) is 0 Å². The molecule has 0 spiro atoms. The van der Waals surface area contributed by atoms with Gasteiger partial charge in [-0.1, -0.05) is 29.8 Å². The summed E-state index contributed by atoms with van der Waals surface area (Å²) in [4.78, 5) is 23.7. The first-order valence-corrected chi connectivity index (χ1v) is 9.36. The minimum atomic E-state index is -4.09. The first-order chi connectivity index (χ1) is 12.8. The van der Waals surface area contributed by atoms with Crippen LogP contribution < -0.4 is 5.32 Å². The van der Waals surface area contributed by atoms with Gasteiger partial charge in [0.05, 0.1) is 24.2 Å². The van der Waals surface area contributed by atoms with Gasteiger partial charge in [0.25, 0.3) is 5.91 Å². The molecule has 0 unspecified atom stereocenters. The number of carbonyl (C=O) groups is 2. The van der Waals surface area contributed by atoms with Crippen LogP contribution >= 0.6 is 0 Å². The maximum Gasteiger partial charge on any atom is 0.321 e. The van der Waals surface area contributed by atoms with E-state index in [0.29, 0.717) is 0 Å². The zero-order chi connectivity index (χ0) is 20.0. The number of ether oxygens (including phenoxy) is 1. The Morgan fingerprint density at radius 3 is 2.33 bits per heavy atom. The molecule has 0 atom stereocenters. The zero-order valence-electron chi connectivity index (χ0n) is 14.8. The minimum absolute atomic E-state index is 0.0443. The Labute approximate surface area is 156 Å². The molecule has 27 heavy (non-hydrogen) atoms. The number of methoxy groups -OCH3 is 1. The molecule has 0 fully saturated rings. The Balaban J connectivity index is 2.24. The number of benzene rings is 2. The third-order valence-corrected chi connectivity index (χ3v) is 5.53. The molecule has 7 nitrogen and oxygen atoms in total. The highest BCUT2D eigenvalue weighted by Gasteiger charge is 2.27. The summed E-state index contributed by atoms with van der Waals surface area (Å²) in [7, 11) is -2.96. The quantitative estimate of drug-likeness (QED) is 0.570. The van der Waals surface area contributed by atoms with Gasteiger partial charge in [-0.05, 0) is 31.2 Å². The standard InChI is InChI=1S/C18H19FN2O5S/c1-13-7-9-14(10-8-13)27(24,25)21(11-17(22)26-2)12-20-18(23)15-5-3-4-6-16(15)19/h3-10H,11-12H2,1-2H3,(H,20,23). The number of nitrogens with one attached hydrogen (secondary N) is 1. The van der Waals surface area contributed by atoms with Gasteiger partial charge in [0.2, 0.25) is 10.0 Å². The maximum absolute atomic E-state index is 13.7. The fourth-order valence-electron chi connectivity index (χ4n) is 2.19. The molecule has 0 aliphatic carbocycles. The number of halogens is 1. The lowest BCUT2D eigenvalue weighted by molar-refractivity contribution is -0.140. The summed E-state index contributed by atoms with van der Waals surface area (Å²) in [6.07, 6.45) is 0. The topological polar surface area (TPSA) is 92.8 Å². The van der Waals surface area contributed by atoms with Crippen molar-refractivity contribution >= 4 is 21.9 Å². The maximum atomic E-state index is 13.7. The molecule has 144 valence electrons.